The van der Waals surface area contributed by atoms with Crippen LogP contribution in [0.1, 0.15) is 13.3 Å². The van der Waals surface area contributed by atoms with Gasteiger partial charge in [-0.2, -0.15) is 11.8 Å². The second-order valence-corrected chi connectivity index (χ2v) is 3.06. The van der Waals surface area contributed by atoms with Gasteiger partial charge in [-0.05, 0) is 17.9 Å². The van der Waals surface area contributed by atoms with Crippen molar-refractivity contribution in [1.82, 2.24) is 0 Å². The molecule has 0 N–H and O–H groups in total. The highest BCUT2D eigenvalue weighted by Crippen LogP contribution is 2.00. The molecule has 0 rings (SSSR count). The zero-order chi connectivity index (χ0) is 5.54. The van der Waals surface area contributed by atoms with Crippen LogP contribution in [0.3, 0.4) is 0 Å². The van der Waals surface area contributed by atoms with E-state index in [9.17, 15) is 0 Å². The fraction of sp³-hybridized carbons (Fsp3) is 1.00. The summed E-state index contributed by atoms with van der Waals surface area (Å²) in [5.41, 5.74) is 0. The minimum atomic E-state index is 0.924. The van der Waals surface area contributed by atoms with Crippen molar-refractivity contribution in [2.24, 2.45) is 0 Å². The molecular weight excluding hydrogens is 124 g/mol. The Kier molecular flexibility index (Phi) is 7.37. The molecule has 0 bridgehead atoms. The normalized spacial score (nSPS) is 9.43. The van der Waals surface area contributed by atoms with Crippen molar-refractivity contribution in [3.8, 4) is 0 Å². The molecule has 0 aromatic carbocycles. The Hall–Kier alpha value is 0.700. The molecule has 0 saturated carbocycles. The maximum absolute atomic E-state index is 4.75. The molecule has 0 aliphatic carbocycles. The molecule has 0 heterocycles. The fourth-order valence-electron chi connectivity index (χ4n) is 0.305. The second kappa shape index (κ2) is 6.70. The first-order valence-electron chi connectivity index (χ1n) is 2.57. The lowest BCUT2D eigenvalue weighted by Gasteiger charge is -1.90. The molecule has 1 radical (unpaired) electrons. The van der Waals surface area contributed by atoms with E-state index < -0.39 is 0 Å². The summed E-state index contributed by atoms with van der Waals surface area (Å²) in [6, 6.07) is 0. The van der Waals surface area contributed by atoms with Crippen LogP contribution in [0.2, 0.25) is 0 Å². The monoisotopic (exact) mass is 135 g/mol. The Balaban J connectivity index is 2.45. The molecule has 0 amide bonds. The predicted molar refractivity (Wildman–Crippen MR) is 40.1 cm³/mol. The topological polar surface area (TPSA) is 0 Å². The third-order valence-corrected chi connectivity index (χ3v) is 1.91. The lowest BCUT2D eigenvalue weighted by Crippen LogP contribution is -1.79. The standard InChI is InChI=1S/C5H11S2/c1-2-7-5-3-4-6/h2-5H2,1H3. The van der Waals surface area contributed by atoms with Gasteiger partial charge in [0.1, 0.15) is 0 Å². The van der Waals surface area contributed by atoms with E-state index in [-0.39, 0.29) is 0 Å². The highest BCUT2D eigenvalue weighted by molar-refractivity contribution is 7.99. The first-order valence-corrected chi connectivity index (χ1v) is 4.31. The van der Waals surface area contributed by atoms with E-state index in [2.05, 4.69) is 6.92 Å². The van der Waals surface area contributed by atoms with Gasteiger partial charge in [-0.25, -0.2) is 0 Å². The van der Waals surface area contributed by atoms with E-state index >= 15 is 0 Å². The molecule has 0 nitrogen and oxygen atoms in total. The zero-order valence-corrected chi connectivity index (χ0v) is 6.28. The highest BCUT2D eigenvalue weighted by Gasteiger charge is 1.80. The van der Waals surface area contributed by atoms with Crippen molar-refractivity contribution in [2.45, 2.75) is 13.3 Å². The molecule has 0 fully saturated rings. The summed E-state index contributed by atoms with van der Waals surface area (Å²) in [5, 5.41) is 0. The van der Waals surface area contributed by atoms with Crippen LogP contribution in [-0.2, 0) is 0 Å². The maximum Gasteiger partial charge on any atom is 0.00447 e. The van der Waals surface area contributed by atoms with Gasteiger partial charge in [0.05, 0.1) is 0 Å². The molecule has 0 aliphatic heterocycles. The van der Waals surface area contributed by atoms with Gasteiger partial charge >= 0.3 is 0 Å². The SMILES string of the molecule is CCSCCC[S]. The van der Waals surface area contributed by atoms with Crippen LogP contribution >= 0.6 is 24.4 Å². The first-order chi connectivity index (χ1) is 3.41. The van der Waals surface area contributed by atoms with Crippen LogP contribution in [0, 0.1) is 0 Å². The third-order valence-electron chi connectivity index (χ3n) is 0.637. The molecule has 0 aliphatic rings. The van der Waals surface area contributed by atoms with Gasteiger partial charge in [-0.15, -0.1) is 0 Å². The summed E-state index contributed by atoms with van der Waals surface area (Å²) >= 11 is 6.72. The third kappa shape index (κ3) is 6.70. The van der Waals surface area contributed by atoms with Crippen molar-refractivity contribution in [3.63, 3.8) is 0 Å². The van der Waals surface area contributed by atoms with Gasteiger partial charge in [-0.3, -0.25) is 0 Å². The average Bonchev–Trinajstić information content (AvgIpc) is 1.69. The molecular formula is C5H11S2. The quantitative estimate of drug-likeness (QED) is 0.533. The highest BCUT2D eigenvalue weighted by atomic mass is 32.2. The van der Waals surface area contributed by atoms with Crippen molar-refractivity contribution >= 4 is 24.4 Å². The summed E-state index contributed by atoms with van der Waals surface area (Å²) < 4.78 is 0. The average molecular weight is 135 g/mol. The van der Waals surface area contributed by atoms with Gasteiger partial charge in [0.25, 0.3) is 0 Å². The molecule has 0 spiro atoms. The van der Waals surface area contributed by atoms with E-state index in [4.69, 9.17) is 12.6 Å². The molecule has 2 heteroatoms. The van der Waals surface area contributed by atoms with Crippen LogP contribution in [0.4, 0.5) is 0 Å². The Morgan fingerprint density at radius 2 is 2.29 bits per heavy atom. The number of hydrogen-bond donors (Lipinski definition) is 0. The Labute approximate surface area is 55.5 Å². The summed E-state index contributed by atoms with van der Waals surface area (Å²) in [6.45, 7) is 2.17. The second-order valence-electron chi connectivity index (χ2n) is 1.25. The molecule has 0 aromatic rings. The van der Waals surface area contributed by atoms with Crippen molar-refractivity contribution < 1.29 is 0 Å². The minimum absolute atomic E-state index is 0.924. The largest absolute Gasteiger partial charge is 0.162 e. The Bertz CT molecular complexity index is 25.3. The molecule has 7 heavy (non-hydrogen) atoms. The molecule has 0 atom stereocenters. The lowest BCUT2D eigenvalue weighted by molar-refractivity contribution is 1.13. The summed E-state index contributed by atoms with van der Waals surface area (Å²) in [7, 11) is 0. The Morgan fingerprint density at radius 3 is 2.71 bits per heavy atom. The van der Waals surface area contributed by atoms with Gasteiger partial charge in [0, 0.05) is 5.75 Å². The minimum Gasteiger partial charge on any atom is -0.162 e. The molecule has 43 valence electrons. The van der Waals surface area contributed by atoms with Crippen LogP contribution in [-0.4, -0.2) is 17.3 Å². The van der Waals surface area contributed by atoms with Gasteiger partial charge in [-0.1, -0.05) is 19.6 Å². The smallest absolute Gasteiger partial charge is 0.00447 e. The van der Waals surface area contributed by atoms with Crippen LogP contribution < -0.4 is 0 Å². The summed E-state index contributed by atoms with van der Waals surface area (Å²) in [4.78, 5) is 0. The van der Waals surface area contributed by atoms with E-state index in [0.29, 0.717) is 0 Å². The first kappa shape index (κ1) is 7.70. The van der Waals surface area contributed by atoms with Crippen LogP contribution in [0.15, 0.2) is 0 Å². The van der Waals surface area contributed by atoms with Crippen molar-refractivity contribution in [1.29, 1.82) is 0 Å². The molecule has 0 aromatic heterocycles. The van der Waals surface area contributed by atoms with Crippen LogP contribution in [0.25, 0.3) is 0 Å². The van der Waals surface area contributed by atoms with E-state index in [0.717, 1.165) is 5.75 Å². The summed E-state index contributed by atoms with van der Waals surface area (Å²) in [6.07, 6.45) is 1.20. The van der Waals surface area contributed by atoms with Crippen molar-refractivity contribution in [3.05, 3.63) is 0 Å². The number of rotatable bonds is 4. The van der Waals surface area contributed by atoms with Gasteiger partial charge in [0.2, 0.25) is 0 Å². The molecule has 0 unspecified atom stereocenters. The number of thioether (sulfide) groups is 1. The van der Waals surface area contributed by atoms with Gasteiger partial charge in [0.15, 0.2) is 0 Å². The lowest BCUT2D eigenvalue weighted by atomic mass is 10.6. The van der Waals surface area contributed by atoms with Crippen LogP contribution in [0.5, 0.6) is 0 Å². The van der Waals surface area contributed by atoms with Gasteiger partial charge < -0.3 is 0 Å². The summed E-state index contributed by atoms with van der Waals surface area (Å²) in [5.74, 6) is 3.41. The maximum atomic E-state index is 4.75. The Morgan fingerprint density at radius 1 is 1.57 bits per heavy atom. The van der Waals surface area contributed by atoms with E-state index in [1.165, 1.54) is 17.9 Å². The molecule has 0 saturated heterocycles. The number of hydrogen-bond acceptors (Lipinski definition) is 1. The fourth-order valence-corrected chi connectivity index (χ4v) is 1.27. The predicted octanol–water partition coefficient (Wildman–Crippen LogP) is 2.33. The van der Waals surface area contributed by atoms with Crippen molar-refractivity contribution in [2.75, 3.05) is 17.3 Å². The zero-order valence-electron chi connectivity index (χ0n) is 4.64. The van der Waals surface area contributed by atoms with E-state index in [1.807, 2.05) is 11.8 Å². The van der Waals surface area contributed by atoms with E-state index in [1.54, 1.807) is 0 Å².